The van der Waals surface area contributed by atoms with Gasteiger partial charge >= 0.3 is 0 Å². The lowest BCUT2D eigenvalue weighted by Gasteiger charge is -2.35. The Hall–Kier alpha value is -3.56. The summed E-state index contributed by atoms with van der Waals surface area (Å²) in [5.74, 6) is -1.69. The Morgan fingerprint density at radius 3 is 2.54 bits per heavy atom. The van der Waals surface area contributed by atoms with Gasteiger partial charge in [-0.1, -0.05) is 6.07 Å². The van der Waals surface area contributed by atoms with Crippen LogP contribution in [0.25, 0.3) is 22.3 Å². The van der Waals surface area contributed by atoms with Crippen LogP contribution in [0.3, 0.4) is 0 Å². The number of likely N-dealkylation sites (tertiary alicyclic amines) is 1. The number of morpholine rings is 1. The predicted molar refractivity (Wildman–Crippen MR) is 138 cm³/mol. The molecule has 0 aliphatic carbocycles. The van der Waals surface area contributed by atoms with Crippen LogP contribution in [0.1, 0.15) is 27.9 Å². The van der Waals surface area contributed by atoms with Gasteiger partial charge in [0.05, 0.1) is 13.2 Å². The minimum absolute atomic E-state index is 0.0916. The molecule has 6 rings (SSSR count). The van der Waals surface area contributed by atoms with Crippen molar-refractivity contribution < 1.29 is 18.3 Å². The highest BCUT2D eigenvalue weighted by Gasteiger charge is 2.24. The van der Waals surface area contributed by atoms with Crippen LogP contribution < -0.4 is 16.0 Å². The monoisotopic (exact) mass is 505 g/mol. The summed E-state index contributed by atoms with van der Waals surface area (Å²) >= 11 is 0. The van der Waals surface area contributed by atoms with Crippen LogP contribution in [0.5, 0.6) is 0 Å². The Morgan fingerprint density at radius 2 is 1.78 bits per heavy atom. The molecule has 2 fully saturated rings. The second-order valence-electron chi connectivity index (χ2n) is 9.83. The van der Waals surface area contributed by atoms with Crippen molar-refractivity contribution in [2.24, 2.45) is 0 Å². The van der Waals surface area contributed by atoms with E-state index in [0.29, 0.717) is 42.9 Å². The summed E-state index contributed by atoms with van der Waals surface area (Å²) in [6, 6.07) is 10.4. The number of ether oxygens (including phenoxy) is 1. The average Bonchev–Trinajstić information content (AvgIpc) is 2.87. The first-order valence-corrected chi connectivity index (χ1v) is 12.7. The van der Waals surface area contributed by atoms with E-state index >= 15 is 8.78 Å². The van der Waals surface area contributed by atoms with E-state index in [0.717, 1.165) is 49.5 Å². The number of rotatable bonds is 5. The zero-order chi connectivity index (χ0) is 25.5. The molecule has 3 aromatic rings. The SMILES string of the molecule is Nc1nc(F)c(-c2ccc(N3CCOCC3)c(CN3CCC3)c2)cc1-c1cc2c(cc1F)C(=O)NCC2. The fourth-order valence-corrected chi connectivity index (χ4v) is 5.34. The highest BCUT2D eigenvalue weighted by Crippen LogP contribution is 2.37. The van der Waals surface area contributed by atoms with Gasteiger partial charge in [0.15, 0.2) is 0 Å². The predicted octanol–water partition coefficient (Wildman–Crippen LogP) is 3.60. The number of hydrogen-bond donors (Lipinski definition) is 2. The third-order valence-corrected chi connectivity index (χ3v) is 7.50. The molecule has 0 bridgehead atoms. The number of nitrogen functional groups attached to an aromatic ring is 1. The number of nitrogens with zero attached hydrogens (tertiary/aromatic N) is 3. The molecule has 7 nitrogen and oxygen atoms in total. The standard InChI is InChI=1S/C28H29F2N5O2/c29-24-15-21-18(4-5-32-28(21)36)13-22(24)23-14-20(26(30)33-27(23)31)17-2-3-25(35-8-10-37-11-9-35)19(12-17)16-34-6-1-7-34/h2-3,12-15H,1,4-11,16H2,(H2,31,33)(H,32,36). The summed E-state index contributed by atoms with van der Waals surface area (Å²) in [5.41, 5.74) is 10.8. The molecule has 3 N–H and O–H groups in total. The molecule has 3 aliphatic rings. The molecule has 192 valence electrons. The molecule has 2 saturated heterocycles. The lowest BCUT2D eigenvalue weighted by Crippen LogP contribution is -2.39. The minimum atomic E-state index is -0.701. The van der Waals surface area contributed by atoms with Gasteiger partial charge in [-0.25, -0.2) is 9.37 Å². The number of amides is 1. The van der Waals surface area contributed by atoms with E-state index in [1.807, 2.05) is 18.2 Å². The zero-order valence-electron chi connectivity index (χ0n) is 20.5. The van der Waals surface area contributed by atoms with Gasteiger partial charge in [0.25, 0.3) is 5.91 Å². The molecule has 0 atom stereocenters. The first kappa shape index (κ1) is 23.8. The molecule has 0 unspecified atom stereocenters. The van der Waals surface area contributed by atoms with Gasteiger partial charge in [0.2, 0.25) is 5.95 Å². The summed E-state index contributed by atoms with van der Waals surface area (Å²) < 4.78 is 35.9. The second-order valence-corrected chi connectivity index (χ2v) is 9.83. The van der Waals surface area contributed by atoms with Gasteiger partial charge in [-0.2, -0.15) is 4.39 Å². The number of hydrogen-bond acceptors (Lipinski definition) is 6. The first-order chi connectivity index (χ1) is 18.0. The number of carbonyl (C=O) groups excluding carboxylic acids is 1. The van der Waals surface area contributed by atoms with Gasteiger partial charge in [0, 0.05) is 54.1 Å². The molecule has 0 spiro atoms. The maximum atomic E-state index is 15.2. The van der Waals surface area contributed by atoms with E-state index in [-0.39, 0.29) is 22.9 Å². The number of nitrogens with two attached hydrogens (primary N) is 1. The Kier molecular flexibility index (Phi) is 6.26. The van der Waals surface area contributed by atoms with Crippen LogP contribution in [0, 0.1) is 11.8 Å². The van der Waals surface area contributed by atoms with Gasteiger partial charge in [-0.3, -0.25) is 9.69 Å². The Balaban J connectivity index is 1.42. The second kappa shape index (κ2) is 9.72. The smallest absolute Gasteiger partial charge is 0.251 e. The third kappa shape index (κ3) is 4.53. The molecule has 1 amide bonds. The van der Waals surface area contributed by atoms with Crippen LogP contribution in [0.15, 0.2) is 36.4 Å². The minimum Gasteiger partial charge on any atom is -0.383 e. The van der Waals surface area contributed by atoms with Crippen molar-refractivity contribution in [2.45, 2.75) is 19.4 Å². The van der Waals surface area contributed by atoms with Gasteiger partial charge < -0.3 is 20.7 Å². The third-order valence-electron chi connectivity index (χ3n) is 7.50. The number of carbonyl (C=O) groups is 1. The molecule has 0 saturated carbocycles. The lowest BCUT2D eigenvalue weighted by atomic mass is 9.93. The highest BCUT2D eigenvalue weighted by atomic mass is 19.1. The molecule has 1 aromatic heterocycles. The summed E-state index contributed by atoms with van der Waals surface area (Å²) in [6.07, 6.45) is 1.76. The molecule has 3 aliphatic heterocycles. The maximum Gasteiger partial charge on any atom is 0.251 e. The Labute approximate surface area is 214 Å². The van der Waals surface area contributed by atoms with E-state index in [4.69, 9.17) is 10.5 Å². The molecule has 4 heterocycles. The summed E-state index contributed by atoms with van der Waals surface area (Å²) in [7, 11) is 0. The molecular formula is C28H29F2N5O2. The molecule has 2 aromatic carbocycles. The van der Waals surface area contributed by atoms with Crippen molar-refractivity contribution in [3.63, 3.8) is 0 Å². The van der Waals surface area contributed by atoms with Crippen LogP contribution in [0.4, 0.5) is 20.3 Å². The number of fused-ring (bicyclic) bond motifs is 1. The van der Waals surface area contributed by atoms with Crippen molar-refractivity contribution in [3.8, 4) is 22.3 Å². The van der Waals surface area contributed by atoms with Crippen molar-refractivity contribution in [1.82, 2.24) is 15.2 Å². The van der Waals surface area contributed by atoms with Crippen LogP contribution in [-0.4, -0.2) is 61.7 Å². The number of anilines is 2. The van der Waals surface area contributed by atoms with Crippen molar-refractivity contribution in [3.05, 3.63) is 64.9 Å². The van der Waals surface area contributed by atoms with Crippen LogP contribution >= 0.6 is 0 Å². The largest absolute Gasteiger partial charge is 0.383 e. The van der Waals surface area contributed by atoms with Gasteiger partial charge in [0.1, 0.15) is 11.6 Å². The normalized spacial score (nSPS) is 17.8. The van der Waals surface area contributed by atoms with E-state index in [1.165, 1.54) is 12.5 Å². The summed E-state index contributed by atoms with van der Waals surface area (Å²) in [4.78, 5) is 20.8. The Morgan fingerprint density at radius 1 is 0.973 bits per heavy atom. The average molecular weight is 506 g/mol. The molecule has 0 radical (unpaired) electrons. The van der Waals surface area contributed by atoms with Gasteiger partial charge in [-0.15, -0.1) is 0 Å². The van der Waals surface area contributed by atoms with E-state index in [2.05, 4.69) is 20.1 Å². The first-order valence-electron chi connectivity index (χ1n) is 12.7. The van der Waals surface area contributed by atoms with Crippen LogP contribution in [0.2, 0.25) is 0 Å². The quantitative estimate of drug-likeness (QED) is 0.516. The van der Waals surface area contributed by atoms with Crippen molar-refractivity contribution >= 4 is 17.4 Å². The molecule has 9 heteroatoms. The molecule has 37 heavy (non-hydrogen) atoms. The lowest BCUT2D eigenvalue weighted by molar-refractivity contribution is 0.0945. The van der Waals surface area contributed by atoms with E-state index < -0.39 is 11.8 Å². The van der Waals surface area contributed by atoms with Crippen LogP contribution in [-0.2, 0) is 17.7 Å². The number of benzene rings is 2. The van der Waals surface area contributed by atoms with E-state index in [9.17, 15) is 4.79 Å². The molecular weight excluding hydrogens is 476 g/mol. The van der Waals surface area contributed by atoms with E-state index in [1.54, 1.807) is 12.1 Å². The van der Waals surface area contributed by atoms with Gasteiger partial charge in [-0.05, 0) is 73.0 Å². The number of aromatic nitrogens is 1. The zero-order valence-corrected chi connectivity index (χ0v) is 20.5. The maximum absolute atomic E-state index is 15.2. The fraction of sp³-hybridized carbons (Fsp3) is 0.357. The number of pyridine rings is 1. The summed E-state index contributed by atoms with van der Waals surface area (Å²) in [6.45, 7) is 6.33. The van der Waals surface area contributed by atoms with Crippen molar-refractivity contribution in [2.75, 3.05) is 56.6 Å². The Bertz CT molecular complexity index is 1370. The number of halogens is 2. The summed E-state index contributed by atoms with van der Waals surface area (Å²) in [5, 5.41) is 2.72. The van der Waals surface area contributed by atoms with Crippen molar-refractivity contribution in [1.29, 1.82) is 0 Å². The topological polar surface area (TPSA) is 83.7 Å². The number of nitrogens with one attached hydrogen (secondary N) is 1. The highest BCUT2D eigenvalue weighted by molar-refractivity contribution is 5.97. The fourth-order valence-electron chi connectivity index (χ4n) is 5.34.